The first-order valence-electron chi connectivity index (χ1n) is 7.10. The van der Waals surface area contributed by atoms with Crippen LogP contribution in [-0.2, 0) is 14.3 Å². The maximum atomic E-state index is 12.0. The van der Waals surface area contributed by atoms with Crippen molar-refractivity contribution in [3.05, 3.63) is 51.1 Å². The molecule has 1 aromatic carbocycles. The molecule has 0 atom stereocenters. The van der Waals surface area contributed by atoms with E-state index >= 15 is 0 Å². The second-order valence-electron chi connectivity index (χ2n) is 4.94. The lowest BCUT2D eigenvalue weighted by Crippen LogP contribution is -2.05. The highest BCUT2D eigenvalue weighted by Crippen LogP contribution is 2.35. The van der Waals surface area contributed by atoms with Crippen LogP contribution in [0.25, 0.3) is 6.08 Å². The van der Waals surface area contributed by atoms with Crippen molar-refractivity contribution in [1.29, 1.82) is 0 Å². The summed E-state index contributed by atoms with van der Waals surface area (Å²) in [4.78, 5) is 27.3. The fourth-order valence-electron chi connectivity index (χ4n) is 2.14. The van der Waals surface area contributed by atoms with Gasteiger partial charge in [-0.1, -0.05) is 0 Å². The number of aliphatic imine (C=N–C) groups is 1. The van der Waals surface area contributed by atoms with Crippen molar-refractivity contribution in [1.82, 2.24) is 0 Å². The molecule has 7 nitrogen and oxygen atoms in total. The van der Waals surface area contributed by atoms with Crippen LogP contribution in [0.4, 0.5) is 0 Å². The summed E-state index contributed by atoms with van der Waals surface area (Å²) in [5.41, 5.74) is 0.776. The third-order valence-electron chi connectivity index (χ3n) is 3.15. The molecule has 8 heteroatoms. The molecule has 0 spiro atoms. The van der Waals surface area contributed by atoms with E-state index in [1.54, 1.807) is 30.3 Å². The summed E-state index contributed by atoms with van der Waals surface area (Å²) >= 11 is 2.02. The Morgan fingerprint density at radius 2 is 2.16 bits per heavy atom. The summed E-state index contributed by atoms with van der Waals surface area (Å²) in [5.74, 6) is 0.148. The molecule has 0 fully saturated rings. The summed E-state index contributed by atoms with van der Waals surface area (Å²) in [6.45, 7) is 1.31. The van der Waals surface area contributed by atoms with E-state index in [4.69, 9.17) is 18.6 Å². The van der Waals surface area contributed by atoms with Crippen LogP contribution in [0.2, 0.25) is 0 Å². The van der Waals surface area contributed by atoms with Crippen LogP contribution >= 0.6 is 22.6 Å². The fourth-order valence-corrected chi connectivity index (χ4v) is 2.87. The number of esters is 2. The van der Waals surface area contributed by atoms with Crippen LogP contribution in [0, 0.1) is 3.57 Å². The zero-order valence-electron chi connectivity index (χ0n) is 13.2. The van der Waals surface area contributed by atoms with Gasteiger partial charge in [0.25, 0.3) is 5.90 Å². The highest BCUT2D eigenvalue weighted by atomic mass is 127. The van der Waals surface area contributed by atoms with Gasteiger partial charge in [-0.3, -0.25) is 4.79 Å². The Labute approximate surface area is 156 Å². The van der Waals surface area contributed by atoms with Gasteiger partial charge in [-0.2, -0.15) is 0 Å². The smallest absolute Gasteiger partial charge is 0.363 e. The van der Waals surface area contributed by atoms with E-state index in [-0.39, 0.29) is 11.6 Å². The summed E-state index contributed by atoms with van der Waals surface area (Å²) in [6, 6.07) is 6.70. The first kappa shape index (κ1) is 17.2. The Bertz CT molecular complexity index is 898. The minimum Gasteiger partial charge on any atom is -0.493 e. The molecule has 0 saturated carbocycles. The molecule has 2 aromatic rings. The summed E-state index contributed by atoms with van der Waals surface area (Å²) in [6.07, 6.45) is 3.02. The molecule has 0 radical (unpaired) electrons. The molecule has 0 N–H and O–H groups in total. The number of carbonyl (C=O) groups is 2. The Hall–Kier alpha value is -2.62. The predicted molar refractivity (Wildman–Crippen MR) is 96.3 cm³/mol. The van der Waals surface area contributed by atoms with Crippen LogP contribution in [-0.4, -0.2) is 24.9 Å². The van der Waals surface area contributed by atoms with Gasteiger partial charge in [0, 0.05) is 6.92 Å². The lowest BCUT2D eigenvalue weighted by atomic mass is 10.1. The molecule has 0 bridgehead atoms. The van der Waals surface area contributed by atoms with Gasteiger partial charge in [-0.05, 0) is 58.5 Å². The minimum atomic E-state index is -0.579. The number of benzene rings is 1. The highest BCUT2D eigenvalue weighted by Gasteiger charge is 2.26. The topological polar surface area (TPSA) is 87.3 Å². The third kappa shape index (κ3) is 3.73. The van der Waals surface area contributed by atoms with Crippen molar-refractivity contribution in [2.24, 2.45) is 4.99 Å². The van der Waals surface area contributed by atoms with Crippen molar-refractivity contribution in [2.45, 2.75) is 6.92 Å². The average Bonchev–Trinajstić information content (AvgIpc) is 3.20. The number of rotatable bonds is 4. The first-order chi connectivity index (χ1) is 12.0. The monoisotopic (exact) mass is 453 g/mol. The van der Waals surface area contributed by atoms with E-state index in [1.165, 1.54) is 20.3 Å². The van der Waals surface area contributed by atoms with Crippen molar-refractivity contribution >= 4 is 46.5 Å². The Balaban J connectivity index is 1.97. The number of cyclic esters (lactones) is 1. The van der Waals surface area contributed by atoms with Crippen LogP contribution in [0.3, 0.4) is 0 Å². The molecule has 3 rings (SSSR count). The van der Waals surface area contributed by atoms with Crippen molar-refractivity contribution in [2.75, 3.05) is 7.11 Å². The van der Waals surface area contributed by atoms with E-state index in [1.807, 2.05) is 22.6 Å². The first-order valence-corrected chi connectivity index (χ1v) is 8.18. The molecular formula is C17H12INO6. The Kier molecular flexibility index (Phi) is 4.88. The predicted octanol–water partition coefficient (Wildman–Crippen LogP) is 3.16. The lowest BCUT2D eigenvalue weighted by Gasteiger charge is -2.11. The molecule has 1 aliphatic heterocycles. The van der Waals surface area contributed by atoms with E-state index in [2.05, 4.69) is 4.99 Å². The largest absolute Gasteiger partial charge is 0.493 e. The van der Waals surface area contributed by atoms with E-state index in [0.29, 0.717) is 26.4 Å². The Morgan fingerprint density at radius 1 is 1.36 bits per heavy atom. The molecule has 128 valence electrons. The third-order valence-corrected chi connectivity index (χ3v) is 3.95. The summed E-state index contributed by atoms with van der Waals surface area (Å²) < 4.78 is 21.3. The molecule has 0 amide bonds. The zero-order chi connectivity index (χ0) is 18.0. The zero-order valence-corrected chi connectivity index (χ0v) is 15.4. The van der Waals surface area contributed by atoms with Crippen LogP contribution < -0.4 is 9.47 Å². The Morgan fingerprint density at radius 3 is 2.80 bits per heavy atom. The number of halogens is 1. The molecular weight excluding hydrogens is 441 g/mol. The number of hydrogen-bond donors (Lipinski definition) is 0. The van der Waals surface area contributed by atoms with Crippen molar-refractivity contribution < 1.29 is 28.2 Å². The van der Waals surface area contributed by atoms with Gasteiger partial charge >= 0.3 is 11.9 Å². The molecule has 0 unspecified atom stereocenters. The molecule has 25 heavy (non-hydrogen) atoms. The SMILES string of the molecule is COc1cc(C=C2N=C(c3ccco3)OC2=O)cc(I)c1OC(C)=O. The average molecular weight is 453 g/mol. The molecule has 2 heterocycles. The number of methoxy groups -OCH3 is 1. The molecule has 1 aromatic heterocycles. The second-order valence-corrected chi connectivity index (χ2v) is 6.10. The van der Waals surface area contributed by atoms with Crippen molar-refractivity contribution in [3.63, 3.8) is 0 Å². The van der Waals surface area contributed by atoms with Gasteiger partial charge in [-0.25, -0.2) is 9.79 Å². The van der Waals surface area contributed by atoms with Gasteiger partial charge in [0.1, 0.15) is 0 Å². The second kappa shape index (κ2) is 7.09. The minimum absolute atomic E-state index is 0.111. The van der Waals surface area contributed by atoms with Gasteiger partial charge in [0.05, 0.1) is 16.9 Å². The van der Waals surface area contributed by atoms with Crippen LogP contribution in [0.15, 0.2) is 45.6 Å². The van der Waals surface area contributed by atoms with Gasteiger partial charge in [-0.15, -0.1) is 0 Å². The summed E-state index contributed by atoms with van der Waals surface area (Å²) in [7, 11) is 1.46. The van der Waals surface area contributed by atoms with E-state index < -0.39 is 11.9 Å². The summed E-state index contributed by atoms with van der Waals surface area (Å²) in [5, 5.41) is 0. The van der Waals surface area contributed by atoms with Gasteiger partial charge < -0.3 is 18.6 Å². The van der Waals surface area contributed by atoms with Gasteiger partial charge in [0.2, 0.25) is 0 Å². The van der Waals surface area contributed by atoms with Crippen LogP contribution in [0.1, 0.15) is 18.2 Å². The van der Waals surface area contributed by atoms with Gasteiger partial charge in [0.15, 0.2) is 23.0 Å². The highest BCUT2D eigenvalue weighted by molar-refractivity contribution is 14.1. The van der Waals surface area contributed by atoms with E-state index in [0.717, 1.165) is 0 Å². The molecule has 0 aliphatic carbocycles. The van der Waals surface area contributed by atoms with Crippen molar-refractivity contribution in [3.8, 4) is 11.5 Å². The number of nitrogens with zero attached hydrogens (tertiary/aromatic N) is 1. The fraction of sp³-hybridized carbons (Fsp3) is 0.118. The normalized spacial score (nSPS) is 15.1. The number of furan rings is 1. The number of hydrogen-bond acceptors (Lipinski definition) is 7. The van der Waals surface area contributed by atoms with E-state index in [9.17, 15) is 9.59 Å². The number of carbonyl (C=O) groups excluding carboxylic acids is 2. The maximum absolute atomic E-state index is 12.0. The lowest BCUT2D eigenvalue weighted by molar-refractivity contribution is -0.132. The number of ether oxygens (including phenoxy) is 3. The molecule has 1 aliphatic rings. The molecule has 0 saturated heterocycles. The standard InChI is InChI=1S/C17H12INO6/c1-9(20)24-15-11(18)6-10(8-14(15)22-2)7-12-17(21)25-16(19-12)13-4-3-5-23-13/h3-8H,1-2H3. The maximum Gasteiger partial charge on any atom is 0.363 e. The van der Waals surface area contributed by atoms with Crippen LogP contribution in [0.5, 0.6) is 11.5 Å². The quantitative estimate of drug-likeness (QED) is 0.306.